The Morgan fingerprint density at radius 1 is 1.33 bits per heavy atom. The number of rotatable bonds is 3. The minimum atomic E-state index is -0.935. The highest BCUT2D eigenvalue weighted by Gasteiger charge is 2.25. The molecule has 0 radical (unpaired) electrons. The Kier molecular flexibility index (Phi) is 4.74. The molecule has 0 saturated heterocycles. The van der Waals surface area contributed by atoms with Crippen LogP contribution in [-0.4, -0.2) is 34.7 Å². The van der Waals surface area contributed by atoms with Crippen molar-refractivity contribution in [2.75, 3.05) is 0 Å². The zero-order valence-corrected chi connectivity index (χ0v) is 9.83. The van der Waals surface area contributed by atoms with E-state index < -0.39 is 23.8 Å². The lowest BCUT2D eigenvalue weighted by Crippen LogP contribution is -2.48. The van der Waals surface area contributed by atoms with Gasteiger partial charge in [-0.15, -0.1) is 0 Å². The van der Waals surface area contributed by atoms with Gasteiger partial charge in [-0.1, -0.05) is 0 Å². The Labute approximate surface area is 89.8 Å². The lowest BCUT2D eigenvalue weighted by molar-refractivity contribution is -0.121. The molecule has 1 amide bonds. The number of ketones is 1. The molecule has 0 aromatic heterocycles. The Balaban J connectivity index is 4.31. The van der Waals surface area contributed by atoms with Crippen LogP contribution in [-0.2, 0) is 9.53 Å². The number of nitrogens with one attached hydrogen (secondary N) is 1. The summed E-state index contributed by atoms with van der Waals surface area (Å²) in [6, 6.07) is -0.917. The molecule has 1 unspecified atom stereocenters. The summed E-state index contributed by atoms with van der Waals surface area (Å²) >= 11 is 0. The molecule has 0 aliphatic carbocycles. The van der Waals surface area contributed by atoms with E-state index in [4.69, 9.17) is 4.74 Å². The summed E-state index contributed by atoms with van der Waals surface area (Å²) in [5.74, 6) is -0.309. The maximum absolute atomic E-state index is 11.3. The number of alkyl carbamates (subject to hydrolysis) is 1. The Morgan fingerprint density at radius 2 is 1.80 bits per heavy atom. The standard InChI is InChI=1S/C10H19NO4/c1-6(12)8(7(2)13)11-9(14)15-10(3,4)5/h6,8,12H,1-5H3,(H,11,14)/t6?,8-/m0/s1. The Hall–Kier alpha value is -1.10. The second-order valence-electron chi connectivity index (χ2n) is 4.48. The van der Waals surface area contributed by atoms with E-state index in [-0.39, 0.29) is 5.78 Å². The maximum Gasteiger partial charge on any atom is 0.408 e. The predicted molar refractivity (Wildman–Crippen MR) is 55.5 cm³/mol. The van der Waals surface area contributed by atoms with E-state index >= 15 is 0 Å². The van der Waals surface area contributed by atoms with E-state index in [2.05, 4.69) is 5.32 Å². The van der Waals surface area contributed by atoms with Crippen molar-refractivity contribution in [1.82, 2.24) is 5.32 Å². The van der Waals surface area contributed by atoms with Gasteiger partial charge in [0.1, 0.15) is 11.6 Å². The molecule has 0 rings (SSSR count). The van der Waals surface area contributed by atoms with Gasteiger partial charge in [0.2, 0.25) is 0 Å². The predicted octanol–water partition coefficient (Wildman–Crippen LogP) is 0.849. The van der Waals surface area contributed by atoms with Crippen LogP contribution in [0.25, 0.3) is 0 Å². The summed E-state index contributed by atoms with van der Waals surface area (Å²) in [7, 11) is 0. The third-order valence-electron chi connectivity index (χ3n) is 1.59. The highest BCUT2D eigenvalue weighted by Crippen LogP contribution is 2.07. The zero-order valence-electron chi connectivity index (χ0n) is 9.83. The molecule has 0 fully saturated rings. The van der Waals surface area contributed by atoms with Gasteiger partial charge in [0, 0.05) is 0 Å². The quantitative estimate of drug-likeness (QED) is 0.734. The number of aliphatic hydroxyl groups is 1. The summed E-state index contributed by atoms with van der Waals surface area (Å²) in [4.78, 5) is 22.3. The monoisotopic (exact) mass is 217 g/mol. The first-order valence-electron chi connectivity index (χ1n) is 4.81. The number of carbonyl (C=O) groups is 2. The van der Waals surface area contributed by atoms with E-state index in [0.29, 0.717) is 0 Å². The molecule has 0 aliphatic heterocycles. The second kappa shape index (κ2) is 5.11. The average Bonchev–Trinajstić information content (AvgIpc) is 1.95. The first-order valence-corrected chi connectivity index (χ1v) is 4.81. The molecule has 2 atom stereocenters. The fourth-order valence-corrected chi connectivity index (χ4v) is 0.996. The van der Waals surface area contributed by atoms with Crippen molar-refractivity contribution >= 4 is 11.9 Å². The minimum Gasteiger partial charge on any atom is -0.444 e. The van der Waals surface area contributed by atoms with Crippen LogP contribution in [0.15, 0.2) is 0 Å². The minimum absolute atomic E-state index is 0.309. The third kappa shape index (κ3) is 6.06. The topological polar surface area (TPSA) is 75.6 Å². The van der Waals surface area contributed by atoms with Crippen LogP contribution in [0, 0.1) is 0 Å². The molecule has 0 aromatic rings. The van der Waals surface area contributed by atoms with Gasteiger partial charge in [0.25, 0.3) is 0 Å². The maximum atomic E-state index is 11.3. The first kappa shape index (κ1) is 13.9. The van der Waals surface area contributed by atoms with Gasteiger partial charge >= 0.3 is 6.09 Å². The largest absolute Gasteiger partial charge is 0.444 e. The molecular formula is C10H19NO4. The number of carbonyl (C=O) groups excluding carboxylic acids is 2. The molecule has 0 aliphatic rings. The van der Waals surface area contributed by atoms with Crippen molar-refractivity contribution in [3.63, 3.8) is 0 Å². The SMILES string of the molecule is CC(=O)[C@@H](NC(=O)OC(C)(C)C)C(C)O. The summed E-state index contributed by atoms with van der Waals surface area (Å²) in [5.41, 5.74) is -0.621. The summed E-state index contributed by atoms with van der Waals surface area (Å²) in [6.07, 6.45) is -1.64. The van der Waals surface area contributed by atoms with Gasteiger partial charge in [0.05, 0.1) is 6.10 Å². The fourth-order valence-electron chi connectivity index (χ4n) is 0.996. The third-order valence-corrected chi connectivity index (χ3v) is 1.59. The van der Waals surface area contributed by atoms with Crippen molar-refractivity contribution < 1.29 is 19.4 Å². The zero-order chi connectivity index (χ0) is 12.2. The lowest BCUT2D eigenvalue weighted by atomic mass is 10.1. The molecular weight excluding hydrogens is 198 g/mol. The number of Topliss-reactive ketones (excluding diaryl/α,β-unsaturated/α-hetero) is 1. The normalized spacial score (nSPS) is 15.3. The molecule has 5 heteroatoms. The molecule has 5 nitrogen and oxygen atoms in total. The Bertz CT molecular complexity index is 242. The van der Waals surface area contributed by atoms with Gasteiger partial charge in [-0.2, -0.15) is 0 Å². The first-order chi connectivity index (χ1) is 6.63. The molecule has 0 aromatic carbocycles. The van der Waals surface area contributed by atoms with Gasteiger partial charge in [-0.25, -0.2) is 4.79 Å². The van der Waals surface area contributed by atoms with E-state index in [0.717, 1.165) is 0 Å². The van der Waals surface area contributed by atoms with Gasteiger partial charge in [-0.3, -0.25) is 4.79 Å². The number of aliphatic hydroxyl groups excluding tert-OH is 1. The number of hydrogen-bond donors (Lipinski definition) is 2. The fraction of sp³-hybridized carbons (Fsp3) is 0.800. The van der Waals surface area contributed by atoms with Gasteiger partial charge in [0.15, 0.2) is 5.78 Å². The summed E-state index contributed by atoms with van der Waals surface area (Å²) in [5, 5.41) is 11.6. The molecule has 0 spiro atoms. The molecule has 15 heavy (non-hydrogen) atoms. The molecule has 2 N–H and O–H groups in total. The number of hydrogen-bond acceptors (Lipinski definition) is 4. The molecule has 0 heterocycles. The van der Waals surface area contributed by atoms with Crippen LogP contribution in [0.3, 0.4) is 0 Å². The smallest absolute Gasteiger partial charge is 0.408 e. The van der Waals surface area contributed by atoms with Crippen molar-refractivity contribution in [3.8, 4) is 0 Å². The van der Waals surface area contributed by atoms with Crippen LogP contribution in [0.1, 0.15) is 34.6 Å². The molecule has 88 valence electrons. The van der Waals surface area contributed by atoms with Crippen LogP contribution in [0.4, 0.5) is 4.79 Å². The van der Waals surface area contributed by atoms with Crippen LogP contribution >= 0.6 is 0 Å². The van der Waals surface area contributed by atoms with Crippen molar-refractivity contribution in [3.05, 3.63) is 0 Å². The van der Waals surface area contributed by atoms with Crippen LogP contribution in [0.2, 0.25) is 0 Å². The summed E-state index contributed by atoms with van der Waals surface area (Å²) < 4.78 is 4.96. The highest BCUT2D eigenvalue weighted by molar-refractivity contribution is 5.86. The van der Waals surface area contributed by atoms with Gasteiger partial charge in [-0.05, 0) is 34.6 Å². The van der Waals surface area contributed by atoms with Crippen LogP contribution in [0.5, 0.6) is 0 Å². The molecule has 0 bridgehead atoms. The van der Waals surface area contributed by atoms with Crippen molar-refractivity contribution in [2.24, 2.45) is 0 Å². The average molecular weight is 217 g/mol. The molecule has 0 saturated carbocycles. The summed E-state index contributed by atoms with van der Waals surface area (Å²) in [6.45, 7) is 7.89. The van der Waals surface area contributed by atoms with E-state index in [1.807, 2.05) is 0 Å². The lowest BCUT2D eigenvalue weighted by Gasteiger charge is -2.23. The van der Waals surface area contributed by atoms with E-state index in [9.17, 15) is 14.7 Å². The second-order valence-corrected chi connectivity index (χ2v) is 4.48. The van der Waals surface area contributed by atoms with Crippen molar-refractivity contribution in [1.29, 1.82) is 0 Å². The number of amides is 1. The van der Waals surface area contributed by atoms with Crippen LogP contribution < -0.4 is 5.32 Å². The number of ether oxygens (including phenoxy) is 1. The van der Waals surface area contributed by atoms with Crippen molar-refractivity contribution in [2.45, 2.75) is 52.4 Å². The van der Waals surface area contributed by atoms with E-state index in [1.54, 1.807) is 20.8 Å². The Morgan fingerprint density at radius 3 is 2.07 bits per heavy atom. The highest BCUT2D eigenvalue weighted by atomic mass is 16.6. The van der Waals surface area contributed by atoms with E-state index in [1.165, 1.54) is 13.8 Å². The van der Waals surface area contributed by atoms with Gasteiger partial charge < -0.3 is 15.2 Å².